The molecule has 0 bridgehead atoms. The normalized spacial score (nSPS) is 12.2. The lowest BCUT2D eigenvalue weighted by Crippen LogP contribution is -2.34. The SMILES string of the molecule is CCc1ccccc1C(CN)N(CC)c1ccc(F)cc1. The van der Waals surface area contributed by atoms with Crippen LogP contribution in [0.2, 0.25) is 0 Å². The lowest BCUT2D eigenvalue weighted by atomic mass is 9.97. The number of likely N-dealkylation sites (N-methyl/N-ethyl adjacent to an activating group) is 1. The molecule has 0 aliphatic heterocycles. The predicted octanol–water partition coefficient (Wildman–Crippen LogP) is 3.91. The molecule has 1 atom stereocenters. The van der Waals surface area contributed by atoms with E-state index in [1.807, 2.05) is 12.1 Å². The first-order chi connectivity index (χ1) is 10.2. The smallest absolute Gasteiger partial charge is 0.123 e. The van der Waals surface area contributed by atoms with Gasteiger partial charge in [-0.1, -0.05) is 31.2 Å². The van der Waals surface area contributed by atoms with E-state index >= 15 is 0 Å². The molecule has 0 saturated heterocycles. The van der Waals surface area contributed by atoms with Gasteiger partial charge >= 0.3 is 0 Å². The number of benzene rings is 2. The standard InChI is InChI=1S/C18H23FN2/c1-3-14-7-5-6-8-17(14)18(13-20)21(4-2)16-11-9-15(19)10-12-16/h5-12,18H,3-4,13,20H2,1-2H3. The molecule has 112 valence electrons. The summed E-state index contributed by atoms with van der Waals surface area (Å²) < 4.78 is 13.1. The van der Waals surface area contributed by atoms with E-state index in [0.29, 0.717) is 6.54 Å². The van der Waals surface area contributed by atoms with Gasteiger partial charge < -0.3 is 10.6 Å². The zero-order valence-corrected chi connectivity index (χ0v) is 12.7. The van der Waals surface area contributed by atoms with Crippen molar-refractivity contribution < 1.29 is 4.39 Å². The second kappa shape index (κ2) is 7.23. The van der Waals surface area contributed by atoms with Gasteiger partial charge in [0.25, 0.3) is 0 Å². The second-order valence-corrected chi connectivity index (χ2v) is 5.07. The highest BCUT2D eigenvalue weighted by Gasteiger charge is 2.20. The summed E-state index contributed by atoms with van der Waals surface area (Å²) in [5.41, 5.74) is 9.63. The van der Waals surface area contributed by atoms with Crippen LogP contribution in [0.15, 0.2) is 48.5 Å². The molecular formula is C18H23FN2. The quantitative estimate of drug-likeness (QED) is 0.872. The maximum absolute atomic E-state index is 13.1. The van der Waals surface area contributed by atoms with Crippen LogP contribution in [-0.2, 0) is 6.42 Å². The monoisotopic (exact) mass is 286 g/mol. The number of halogens is 1. The van der Waals surface area contributed by atoms with E-state index in [4.69, 9.17) is 5.73 Å². The van der Waals surface area contributed by atoms with Crippen LogP contribution in [0.5, 0.6) is 0 Å². The molecule has 2 aromatic rings. The molecule has 0 aliphatic carbocycles. The molecule has 3 heteroatoms. The highest BCUT2D eigenvalue weighted by atomic mass is 19.1. The lowest BCUT2D eigenvalue weighted by Gasteiger charge is -2.33. The van der Waals surface area contributed by atoms with Crippen molar-refractivity contribution in [1.82, 2.24) is 0 Å². The highest BCUT2D eigenvalue weighted by Crippen LogP contribution is 2.28. The molecule has 0 radical (unpaired) electrons. The Labute approximate surface area is 126 Å². The number of anilines is 1. The van der Waals surface area contributed by atoms with Gasteiger partial charge in [0.15, 0.2) is 0 Å². The van der Waals surface area contributed by atoms with Crippen molar-refractivity contribution in [2.45, 2.75) is 26.3 Å². The van der Waals surface area contributed by atoms with Crippen LogP contribution in [0.3, 0.4) is 0 Å². The van der Waals surface area contributed by atoms with Crippen molar-refractivity contribution in [3.63, 3.8) is 0 Å². The fourth-order valence-corrected chi connectivity index (χ4v) is 2.82. The van der Waals surface area contributed by atoms with Crippen molar-refractivity contribution in [3.05, 3.63) is 65.5 Å². The molecule has 0 aliphatic rings. The van der Waals surface area contributed by atoms with E-state index in [2.05, 4.69) is 43.0 Å². The molecule has 0 saturated carbocycles. The minimum Gasteiger partial charge on any atom is -0.363 e. The summed E-state index contributed by atoms with van der Waals surface area (Å²) in [5.74, 6) is -0.215. The van der Waals surface area contributed by atoms with Crippen LogP contribution in [-0.4, -0.2) is 13.1 Å². The molecule has 2 N–H and O–H groups in total. The Morgan fingerprint density at radius 3 is 2.29 bits per heavy atom. The Hall–Kier alpha value is -1.87. The molecule has 0 fully saturated rings. The molecule has 0 aromatic heterocycles. The summed E-state index contributed by atoms with van der Waals surface area (Å²) in [4.78, 5) is 2.23. The number of aryl methyl sites for hydroxylation is 1. The summed E-state index contributed by atoms with van der Waals surface area (Å²) in [5, 5.41) is 0. The molecule has 0 amide bonds. The van der Waals surface area contributed by atoms with E-state index in [1.54, 1.807) is 0 Å². The maximum Gasteiger partial charge on any atom is 0.123 e. The Morgan fingerprint density at radius 2 is 1.71 bits per heavy atom. The molecule has 0 heterocycles. The maximum atomic E-state index is 13.1. The van der Waals surface area contributed by atoms with E-state index in [9.17, 15) is 4.39 Å². The van der Waals surface area contributed by atoms with E-state index in [1.165, 1.54) is 23.3 Å². The summed E-state index contributed by atoms with van der Waals surface area (Å²) >= 11 is 0. The van der Waals surface area contributed by atoms with Gasteiger partial charge in [-0.05, 0) is 48.7 Å². The molecule has 21 heavy (non-hydrogen) atoms. The van der Waals surface area contributed by atoms with Crippen LogP contribution in [0.25, 0.3) is 0 Å². The molecule has 2 nitrogen and oxygen atoms in total. The van der Waals surface area contributed by atoms with Crippen molar-refractivity contribution in [2.75, 3.05) is 18.0 Å². The number of nitrogens with zero attached hydrogens (tertiary/aromatic N) is 1. The van der Waals surface area contributed by atoms with Gasteiger partial charge in [0.05, 0.1) is 6.04 Å². The van der Waals surface area contributed by atoms with Crippen molar-refractivity contribution in [1.29, 1.82) is 0 Å². The number of hydrogen-bond donors (Lipinski definition) is 1. The van der Waals surface area contributed by atoms with Crippen LogP contribution in [0.4, 0.5) is 10.1 Å². The third kappa shape index (κ3) is 3.42. The number of rotatable bonds is 6. The van der Waals surface area contributed by atoms with Crippen molar-refractivity contribution >= 4 is 5.69 Å². The summed E-state index contributed by atoms with van der Waals surface area (Å²) in [7, 11) is 0. The highest BCUT2D eigenvalue weighted by molar-refractivity contribution is 5.50. The third-order valence-electron chi connectivity index (χ3n) is 3.89. The van der Waals surface area contributed by atoms with E-state index in [0.717, 1.165) is 18.7 Å². The fourth-order valence-electron chi connectivity index (χ4n) is 2.82. The average molecular weight is 286 g/mol. The van der Waals surface area contributed by atoms with Gasteiger partial charge in [-0.3, -0.25) is 0 Å². The fraction of sp³-hybridized carbons (Fsp3) is 0.333. The third-order valence-corrected chi connectivity index (χ3v) is 3.89. The second-order valence-electron chi connectivity index (χ2n) is 5.07. The van der Waals surface area contributed by atoms with Gasteiger partial charge in [0.1, 0.15) is 5.82 Å². The first-order valence-electron chi connectivity index (χ1n) is 7.51. The zero-order valence-electron chi connectivity index (χ0n) is 12.7. The Morgan fingerprint density at radius 1 is 1.05 bits per heavy atom. The first-order valence-corrected chi connectivity index (χ1v) is 7.51. The lowest BCUT2D eigenvalue weighted by molar-refractivity contribution is 0.621. The van der Waals surface area contributed by atoms with Gasteiger partial charge in [0.2, 0.25) is 0 Å². The largest absolute Gasteiger partial charge is 0.363 e. The van der Waals surface area contributed by atoms with Gasteiger partial charge in [-0.2, -0.15) is 0 Å². The molecule has 2 rings (SSSR count). The van der Waals surface area contributed by atoms with Gasteiger partial charge in [0, 0.05) is 18.8 Å². The van der Waals surface area contributed by atoms with Crippen LogP contribution < -0.4 is 10.6 Å². The van der Waals surface area contributed by atoms with E-state index < -0.39 is 0 Å². The first kappa shape index (κ1) is 15.5. The predicted molar refractivity (Wildman–Crippen MR) is 87.0 cm³/mol. The van der Waals surface area contributed by atoms with E-state index in [-0.39, 0.29) is 11.9 Å². The van der Waals surface area contributed by atoms with Gasteiger partial charge in [-0.25, -0.2) is 4.39 Å². The molecule has 1 unspecified atom stereocenters. The van der Waals surface area contributed by atoms with Crippen LogP contribution >= 0.6 is 0 Å². The van der Waals surface area contributed by atoms with Crippen molar-refractivity contribution in [2.24, 2.45) is 5.73 Å². The number of hydrogen-bond acceptors (Lipinski definition) is 2. The van der Waals surface area contributed by atoms with Gasteiger partial charge in [-0.15, -0.1) is 0 Å². The van der Waals surface area contributed by atoms with Crippen molar-refractivity contribution in [3.8, 4) is 0 Å². The zero-order chi connectivity index (χ0) is 15.2. The number of nitrogens with two attached hydrogens (primary N) is 1. The Bertz CT molecular complexity index is 566. The Balaban J connectivity index is 2.39. The minimum atomic E-state index is -0.215. The summed E-state index contributed by atoms with van der Waals surface area (Å²) in [6.07, 6.45) is 0.980. The average Bonchev–Trinajstić information content (AvgIpc) is 2.53. The molecular weight excluding hydrogens is 263 g/mol. The van der Waals surface area contributed by atoms with Crippen LogP contribution in [0, 0.1) is 5.82 Å². The molecule has 2 aromatic carbocycles. The summed E-state index contributed by atoms with van der Waals surface area (Å²) in [6, 6.07) is 15.1. The molecule has 0 spiro atoms. The topological polar surface area (TPSA) is 29.3 Å². The Kier molecular flexibility index (Phi) is 5.34. The minimum absolute atomic E-state index is 0.108. The van der Waals surface area contributed by atoms with Crippen LogP contribution in [0.1, 0.15) is 31.0 Å². The summed E-state index contributed by atoms with van der Waals surface area (Å²) in [6.45, 7) is 5.61.